The average Bonchev–Trinajstić information content (AvgIpc) is 2.75. The molecule has 2 aromatic rings. The van der Waals surface area contributed by atoms with Gasteiger partial charge in [-0.25, -0.2) is 4.79 Å². The molecular formula is C14H7BrNO4S-. The van der Waals surface area contributed by atoms with E-state index in [4.69, 9.17) is 4.74 Å². The normalized spacial score (nSPS) is 16.7. The van der Waals surface area contributed by atoms with Gasteiger partial charge in [0, 0.05) is 27.2 Å². The van der Waals surface area contributed by atoms with Crippen molar-refractivity contribution in [3.8, 4) is 0 Å². The largest absolute Gasteiger partial charge is 0.768 e. The quantitative estimate of drug-likeness (QED) is 0.604. The van der Waals surface area contributed by atoms with Crippen molar-refractivity contribution >= 4 is 44.8 Å². The van der Waals surface area contributed by atoms with Crippen LogP contribution in [0.2, 0.25) is 0 Å². The zero-order chi connectivity index (χ0) is 15.0. The molecule has 1 atom stereocenters. The Morgan fingerprint density at radius 2 is 2.05 bits per heavy atom. The maximum Gasteiger partial charge on any atom is 0.344 e. The molecule has 5 nitrogen and oxygen atoms in total. The summed E-state index contributed by atoms with van der Waals surface area (Å²) in [5, 5.41) is 0. The van der Waals surface area contributed by atoms with Gasteiger partial charge in [-0.15, -0.1) is 0 Å². The van der Waals surface area contributed by atoms with Gasteiger partial charge in [-0.1, -0.05) is 15.9 Å². The molecule has 7 heteroatoms. The van der Waals surface area contributed by atoms with Crippen LogP contribution in [0, 0.1) is 0 Å². The van der Waals surface area contributed by atoms with Gasteiger partial charge >= 0.3 is 5.97 Å². The Kier molecular flexibility index (Phi) is 3.71. The van der Waals surface area contributed by atoms with Crippen molar-refractivity contribution in [2.45, 2.75) is 4.90 Å². The molecule has 1 aliphatic rings. The number of benzene rings is 1. The van der Waals surface area contributed by atoms with E-state index in [1.165, 1.54) is 12.3 Å². The lowest BCUT2D eigenvalue weighted by molar-refractivity contribution is 0.0717. The summed E-state index contributed by atoms with van der Waals surface area (Å²) in [4.78, 5) is 15.9. The fourth-order valence-electron chi connectivity index (χ4n) is 1.93. The van der Waals surface area contributed by atoms with Crippen LogP contribution in [0.3, 0.4) is 0 Å². The number of carbonyl (C=O) groups excluding carboxylic acids is 1. The first-order valence-electron chi connectivity index (χ1n) is 5.84. The maximum atomic E-state index is 11.7. The van der Waals surface area contributed by atoms with E-state index in [1.807, 2.05) is 0 Å². The van der Waals surface area contributed by atoms with Crippen molar-refractivity contribution in [3.05, 3.63) is 57.8 Å². The standard InChI is InChI=1S/C14H8BrNO4S/c15-8-1-4-11-12(5-8)13(20-14(11)17)6-9-2-3-10(7-16-9)21(18)19/h1-7H,(H,18,19)/p-1/b13-6-. The van der Waals surface area contributed by atoms with Gasteiger partial charge in [-0.2, -0.15) is 0 Å². The van der Waals surface area contributed by atoms with Gasteiger partial charge in [-0.05, 0) is 41.4 Å². The highest BCUT2D eigenvalue weighted by atomic mass is 79.9. The minimum absolute atomic E-state index is 0.101. The van der Waals surface area contributed by atoms with E-state index in [-0.39, 0.29) is 4.90 Å². The van der Waals surface area contributed by atoms with Crippen molar-refractivity contribution in [2.24, 2.45) is 0 Å². The van der Waals surface area contributed by atoms with Gasteiger partial charge in [0.05, 0.1) is 11.3 Å². The van der Waals surface area contributed by atoms with Crippen molar-refractivity contribution in [1.82, 2.24) is 4.98 Å². The smallest absolute Gasteiger partial charge is 0.344 e. The van der Waals surface area contributed by atoms with Crippen LogP contribution >= 0.6 is 15.9 Å². The molecule has 1 aromatic carbocycles. The molecule has 0 bridgehead atoms. The monoisotopic (exact) mass is 364 g/mol. The molecule has 0 spiro atoms. The van der Waals surface area contributed by atoms with E-state index in [9.17, 15) is 13.6 Å². The number of rotatable bonds is 2. The molecular weight excluding hydrogens is 358 g/mol. The Balaban J connectivity index is 2.00. The molecule has 3 rings (SSSR count). The van der Waals surface area contributed by atoms with E-state index in [0.717, 1.165) is 4.47 Å². The van der Waals surface area contributed by atoms with Crippen LogP contribution in [0.15, 0.2) is 45.9 Å². The molecule has 0 radical (unpaired) electrons. The molecule has 2 heterocycles. The number of nitrogens with zero attached hydrogens (tertiary/aromatic N) is 1. The van der Waals surface area contributed by atoms with Crippen molar-refractivity contribution in [1.29, 1.82) is 0 Å². The van der Waals surface area contributed by atoms with Crippen LogP contribution in [-0.4, -0.2) is 19.7 Å². The number of ether oxygens (including phenoxy) is 1. The molecule has 21 heavy (non-hydrogen) atoms. The SMILES string of the molecule is O=C1O/C(=C\c2ccc(S(=O)[O-])cn2)c2cc(Br)ccc21. The lowest BCUT2D eigenvalue weighted by atomic mass is 10.1. The number of cyclic esters (lactones) is 1. The zero-order valence-electron chi connectivity index (χ0n) is 10.4. The van der Waals surface area contributed by atoms with Crippen LogP contribution < -0.4 is 0 Å². The third kappa shape index (κ3) is 2.80. The number of aromatic nitrogens is 1. The summed E-state index contributed by atoms with van der Waals surface area (Å²) in [7, 11) is 0. The predicted octanol–water partition coefficient (Wildman–Crippen LogP) is 2.75. The number of halogens is 1. The molecule has 1 unspecified atom stereocenters. The fourth-order valence-corrected chi connectivity index (χ4v) is 2.60. The summed E-state index contributed by atoms with van der Waals surface area (Å²) in [6.07, 6.45) is 2.84. The molecule has 0 saturated heterocycles. The van der Waals surface area contributed by atoms with Crippen LogP contribution in [0.1, 0.15) is 21.6 Å². The van der Waals surface area contributed by atoms with Crippen molar-refractivity contribution in [2.75, 3.05) is 0 Å². The van der Waals surface area contributed by atoms with Gasteiger partial charge in [0.15, 0.2) is 0 Å². The number of esters is 1. The molecule has 0 fully saturated rings. The van der Waals surface area contributed by atoms with E-state index >= 15 is 0 Å². The molecule has 1 aliphatic heterocycles. The second-order valence-corrected chi connectivity index (χ2v) is 6.10. The summed E-state index contributed by atoms with van der Waals surface area (Å²) in [5.41, 5.74) is 1.66. The lowest BCUT2D eigenvalue weighted by Gasteiger charge is -2.04. The van der Waals surface area contributed by atoms with E-state index < -0.39 is 17.0 Å². The fraction of sp³-hybridized carbons (Fsp3) is 0. The number of hydrogen-bond acceptors (Lipinski definition) is 5. The van der Waals surface area contributed by atoms with E-state index in [1.54, 1.807) is 30.3 Å². The summed E-state index contributed by atoms with van der Waals surface area (Å²) >= 11 is 1.03. The Morgan fingerprint density at radius 3 is 2.71 bits per heavy atom. The Bertz CT molecular complexity index is 786. The molecule has 0 aliphatic carbocycles. The van der Waals surface area contributed by atoms with Gasteiger partial charge in [0.1, 0.15) is 5.76 Å². The summed E-state index contributed by atoms with van der Waals surface area (Å²) in [5.74, 6) is -0.0270. The zero-order valence-corrected chi connectivity index (χ0v) is 12.8. The molecule has 0 saturated carbocycles. The Labute approximate surface area is 131 Å². The summed E-state index contributed by atoms with van der Waals surface area (Å²) < 4.78 is 27.6. The minimum Gasteiger partial charge on any atom is -0.768 e. The molecule has 1 aromatic heterocycles. The highest BCUT2D eigenvalue weighted by Gasteiger charge is 2.26. The van der Waals surface area contributed by atoms with Crippen molar-refractivity contribution < 1.29 is 18.3 Å². The van der Waals surface area contributed by atoms with E-state index in [0.29, 0.717) is 22.6 Å². The van der Waals surface area contributed by atoms with Gasteiger partial charge in [0.2, 0.25) is 0 Å². The minimum atomic E-state index is -2.31. The van der Waals surface area contributed by atoms with Crippen LogP contribution in [-0.2, 0) is 15.8 Å². The van der Waals surface area contributed by atoms with Crippen LogP contribution in [0.25, 0.3) is 11.8 Å². The summed E-state index contributed by atoms with van der Waals surface area (Å²) in [6.45, 7) is 0. The van der Waals surface area contributed by atoms with Gasteiger partial charge in [0.25, 0.3) is 0 Å². The number of pyridine rings is 1. The molecule has 0 amide bonds. The first-order valence-corrected chi connectivity index (χ1v) is 7.70. The van der Waals surface area contributed by atoms with E-state index in [2.05, 4.69) is 20.9 Å². The summed E-state index contributed by atoms with van der Waals surface area (Å²) in [6, 6.07) is 8.20. The first-order chi connectivity index (χ1) is 10.0. The highest BCUT2D eigenvalue weighted by Crippen LogP contribution is 2.33. The van der Waals surface area contributed by atoms with Crippen LogP contribution in [0.5, 0.6) is 0 Å². The lowest BCUT2D eigenvalue weighted by Crippen LogP contribution is -1.93. The maximum absolute atomic E-state index is 11.7. The van der Waals surface area contributed by atoms with Gasteiger partial charge in [-0.3, -0.25) is 9.19 Å². The topological polar surface area (TPSA) is 79.3 Å². The predicted molar refractivity (Wildman–Crippen MR) is 78.9 cm³/mol. The van der Waals surface area contributed by atoms with Gasteiger partial charge < -0.3 is 9.29 Å². The third-order valence-electron chi connectivity index (χ3n) is 2.90. The first kappa shape index (κ1) is 14.1. The molecule has 106 valence electrons. The number of carbonyl (C=O) groups is 1. The van der Waals surface area contributed by atoms with Crippen LogP contribution in [0.4, 0.5) is 0 Å². The second kappa shape index (κ2) is 5.51. The number of fused-ring (bicyclic) bond motifs is 1. The second-order valence-electron chi connectivity index (χ2n) is 4.24. The Hall–Kier alpha value is -1.83. The third-order valence-corrected chi connectivity index (χ3v) is 4.02. The average molecular weight is 365 g/mol. The highest BCUT2D eigenvalue weighted by molar-refractivity contribution is 9.10. The number of hydrogen-bond donors (Lipinski definition) is 0. The van der Waals surface area contributed by atoms with Crippen molar-refractivity contribution in [3.63, 3.8) is 0 Å². The Morgan fingerprint density at radius 1 is 1.24 bits per heavy atom. The molecule has 0 N–H and O–H groups in total.